The Kier molecular flexibility index (Phi) is 3.75. The van der Waals surface area contributed by atoms with E-state index in [9.17, 15) is 0 Å². The maximum Gasteiger partial charge on any atom is 0.0888 e. The Balaban J connectivity index is 2.22. The van der Waals surface area contributed by atoms with Crippen molar-refractivity contribution in [3.05, 3.63) is 28.5 Å². The van der Waals surface area contributed by atoms with Gasteiger partial charge in [-0.2, -0.15) is 0 Å². The predicted molar refractivity (Wildman–Crippen MR) is 70.5 cm³/mol. The molecule has 1 aliphatic heterocycles. The van der Waals surface area contributed by atoms with E-state index in [1.807, 2.05) is 6.07 Å². The number of piperidine rings is 1. The maximum absolute atomic E-state index is 6.22. The Morgan fingerprint density at radius 1 is 1.19 bits per heavy atom. The van der Waals surface area contributed by atoms with Crippen LogP contribution in [0.3, 0.4) is 0 Å². The molecule has 0 atom stereocenters. The van der Waals surface area contributed by atoms with Gasteiger partial charge in [-0.3, -0.25) is 4.98 Å². The van der Waals surface area contributed by atoms with E-state index in [2.05, 4.69) is 25.8 Å². The van der Waals surface area contributed by atoms with Gasteiger partial charge in [0.15, 0.2) is 0 Å². The lowest BCUT2D eigenvalue weighted by Gasteiger charge is -2.42. The fraction of sp³-hybridized carbons (Fsp3) is 0.545. The third-order valence-electron chi connectivity index (χ3n) is 3.05. The molecule has 2 rings (SSSR count). The number of likely N-dealkylation sites (tertiary alicyclic amines) is 1. The van der Waals surface area contributed by atoms with Crippen molar-refractivity contribution in [3.8, 4) is 0 Å². The largest absolute Gasteiger partial charge is 0.310 e. The van der Waals surface area contributed by atoms with Gasteiger partial charge in [0.1, 0.15) is 0 Å². The summed E-state index contributed by atoms with van der Waals surface area (Å²) in [5, 5.41) is -0.906. The highest BCUT2D eigenvalue weighted by Crippen LogP contribution is 2.26. The normalized spacial score (nSPS) is 18.6. The summed E-state index contributed by atoms with van der Waals surface area (Å²) in [4.78, 5) is 6.24. The second-order valence-electron chi connectivity index (χ2n) is 4.26. The first kappa shape index (κ1) is 12.2. The molecule has 1 aliphatic rings. The minimum Gasteiger partial charge on any atom is -0.310 e. The lowest BCUT2D eigenvalue weighted by Crippen LogP contribution is -2.49. The van der Waals surface area contributed by atoms with Crippen LogP contribution in [0.2, 0.25) is 0 Å². The van der Waals surface area contributed by atoms with Crippen molar-refractivity contribution < 1.29 is 0 Å². The third kappa shape index (κ3) is 2.51. The van der Waals surface area contributed by atoms with Crippen LogP contribution in [0, 0.1) is 0 Å². The van der Waals surface area contributed by atoms with E-state index in [-0.39, 0.29) is 0 Å². The lowest BCUT2D eigenvalue weighted by molar-refractivity contribution is 0.184. The Morgan fingerprint density at radius 3 is 2.50 bits per heavy atom. The monoisotopic (exact) mass is 274 g/mol. The zero-order valence-corrected chi connectivity index (χ0v) is 10.8. The van der Waals surface area contributed by atoms with Crippen molar-refractivity contribution in [2.45, 2.75) is 24.6 Å². The summed E-state index contributed by atoms with van der Waals surface area (Å²) in [5.74, 6) is 0. The van der Waals surface area contributed by atoms with Crippen LogP contribution in [0.25, 0.3) is 0 Å². The van der Waals surface area contributed by atoms with Gasteiger partial charge in [0.2, 0.25) is 0 Å². The van der Waals surface area contributed by atoms with E-state index < -0.39 is 5.34 Å². The van der Waals surface area contributed by atoms with Gasteiger partial charge in [-0.15, -0.1) is 0 Å². The van der Waals surface area contributed by atoms with Crippen molar-refractivity contribution in [3.63, 3.8) is 0 Å². The standard InChI is InChI=1S/C11H13B2BrN2/c12-11(13,16-4-2-1-3-5-16)9-6-10(14)8-15-7-9/h6-8H,1-5H2. The van der Waals surface area contributed by atoms with Gasteiger partial charge in [-0.05, 0) is 58.8 Å². The number of nitrogens with zero attached hydrogens (tertiary/aromatic N) is 2. The van der Waals surface area contributed by atoms with Crippen molar-refractivity contribution in [2.75, 3.05) is 13.1 Å². The highest BCUT2D eigenvalue weighted by molar-refractivity contribution is 9.10. The van der Waals surface area contributed by atoms with E-state index >= 15 is 0 Å². The first-order valence-electron chi connectivity index (χ1n) is 5.54. The molecular weight excluding hydrogens is 262 g/mol. The molecule has 0 aliphatic carbocycles. The minimum atomic E-state index is -0.906. The molecule has 0 spiro atoms. The van der Waals surface area contributed by atoms with E-state index in [1.165, 1.54) is 6.42 Å². The van der Waals surface area contributed by atoms with Gasteiger partial charge in [0, 0.05) is 16.9 Å². The fourth-order valence-electron chi connectivity index (χ4n) is 2.08. The van der Waals surface area contributed by atoms with Gasteiger partial charge in [-0.25, -0.2) is 0 Å². The highest BCUT2D eigenvalue weighted by atomic mass is 79.9. The van der Waals surface area contributed by atoms with Crippen LogP contribution >= 0.6 is 15.9 Å². The molecule has 0 saturated carbocycles. The number of rotatable bonds is 2. The van der Waals surface area contributed by atoms with E-state index in [1.54, 1.807) is 12.4 Å². The predicted octanol–water partition coefficient (Wildman–Crippen LogP) is 1.78. The lowest BCUT2D eigenvalue weighted by atomic mass is 9.57. The molecule has 4 radical (unpaired) electrons. The molecule has 80 valence electrons. The molecule has 1 saturated heterocycles. The van der Waals surface area contributed by atoms with Crippen LogP contribution in [0.4, 0.5) is 0 Å². The summed E-state index contributed by atoms with van der Waals surface area (Å²) in [5.41, 5.74) is 0.851. The fourth-order valence-corrected chi connectivity index (χ4v) is 2.44. The number of aromatic nitrogens is 1. The minimum absolute atomic E-state index is 0.851. The van der Waals surface area contributed by atoms with Crippen molar-refractivity contribution in [1.82, 2.24) is 9.88 Å². The second kappa shape index (κ2) is 4.92. The SMILES string of the molecule is [B]C([B])(c1cncc(Br)c1)N1CCCCC1. The van der Waals surface area contributed by atoms with Gasteiger partial charge >= 0.3 is 0 Å². The molecule has 1 fully saturated rings. The third-order valence-corrected chi connectivity index (χ3v) is 3.48. The number of halogens is 1. The Bertz CT molecular complexity index is 365. The molecule has 0 aromatic carbocycles. The number of hydrogen-bond donors (Lipinski definition) is 0. The zero-order chi connectivity index (χ0) is 11.6. The van der Waals surface area contributed by atoms with Crippen LogP contribution < -0.4 is 0 Å². The molecule has 0 N–H and O–H groups in total. The first-order chi connectivity index (χ1) is 7.60. The Labute approximate surface area is 108 Å². The van der Waals surface area contributed by atoms with Crippen molar-refractivity contribution in [2.24, 2.45) is 0 Å². The molecule has 0 amide bonds. The summed E-state index contributed by atoms with van der Waals surface area (Å²) in [6.45, 7) is 1.92. The average Bonchev–Trinajstić information content (AvgIpc) is 2.30. The highest BCUT2D eigenvalue weighted by Gasteiger charge is 2.28. The van der Waals surface area contributed by atoms with Crippen LogP contribution in [0.15, 0.2) is 22.9 Å². The van der Waals surface area contributed by atoms with Crippen LogP contribution in [-0.4, -0.2) is 38.7 Å². The Morgan fingerprint density at radius 2 is 1.88 bits per heavy atom. The van der Waals surface area contributed by atoms with E-state index in [0.29, 0.717) is 0 Å². The molecule has 16 heavy (non-hydrogen) atoms. The van der Waals surface area contributed by atoms with Crippen LogP contribution in [-0.2, 0) is 5.34 Å². The molecule has 2 heterocycles. The topological polar surface area (TPSA) is 16.1 Å². The molecule has 2 nitrogen and oxygen atoms in total. The first-order valence-corrected chi connectivity index (χ1v) is 6.34. The molecular formula is C11H13B2BrN2. The Hall–Kier alpha value is -0.280. The van der Waals surface area contributed by atoms with Crippen molar-refractivity contribution in [1.29, 1.82) is 0 Å². The maximum atomic E-state index is 6.22. The molecule has 1 aromatic rings. The van der Waals surface area contributed by atoms with Gasteiger partial charge in [-0.1, -0.05) is 6.42 Å². The summed E-state index contributed by atoms with van der Waals surface area (Å²) >= 11 is 3.39. The van der Waals surface area contributed by atoms with E-state index in [0.717, 1.165) is 36.0 Å². The zero-order valence-electron chi connectivity index (χ0n) is 9.19. The number of pyridine rings is 1. The quantitative estimate of drug-likeness (QED) is 0.765. The van der Waals surface area contributed by atoms with Crippen molar-refractivity contribution >= 4 is 31.6 Å². The van der Waals surface area contributed by atoms with Gasteiger partial charge in [0.25, 0.3) is 0 Å². The summed E-state index contributed by atoms with van der Waals surface area (Å²) < 4.78 is 0.905. The number of hydrogen-bond acceptors (Lipinski definition) is 2. The average molecular weight is 275 g/mol. The van der Waals surface area contributed by atoms with Gasteiger partial charge in [0.05, 0.1) is 15.7 Å². The molecule has 0 bridgehead atoms. The summed E-state index contributed by atoms with van der Waals surface area (Å²) in [6, 6.07) is 1.93. The molecule has 5 heteroatoms. The molecule has 1 aromatic heterocycles. The smallest absolute Gasteiger partial charge is 0.0888 e. The van der Waals surface area contributed by atoms with Crippen LogP contribution in [0.5, 0.6) is 0 Å². The van der Waals surface area contributed by atoms with Crippen LogP contribution in [0.1, 0.15) is 24.8 Å². The summed E-state index contributed by atoms with van der Waals surface area (Å²) in [7, 11) is 12.4. The summed E-state index contributed by atoms with van der Waals surface area (Å²) in [6.07, 6.45) is 7.06. The van der Waals surface area contributed by atoms with Gasteiger partial charge < -0.3 is 4.90 Å². The van der Waals surface area contributed by atoms with E-state index in [4.69, 9.17) is 15.7 Å². The second-order valence-corrected chi connectivity index (χ2v) is 5.18. The molecule has 0 unspecified atom stereocenters.